The van der Waals surface area contributed by atoms with Gasteiger partial charge in [0.1, 0.15) is 0 Å². The van der Waals surface area contributed by atoms with E-state index in [1.807, 2.05) is 13.8 Å². The largest absolute Gasteiger partial charge is 0.481 e. The van der Waals surface area contributed by atoms with Crippen LogP contribution in [0.3, 0.4) is 0 Å². The van der Waals surface area contributed by atoms with Crippen LogP contribution in [-0.4, -0.2) is 43.4 Å². The number of carboxylic acid groups (broad SMARTS) is 1. The summed E-state index contributed by atoms with van der Waals surface area (Å²) < 4.78 is 5.42. The first-order valence-electron chi connectivity index (χ1n) is 7.78. The van der Waals surface area contributed by atoms with Crippen LogP contribution >= 0.6 is 0 Å². The maximum Gasteiger partial charge on any atom is 0.314 e. The van der Waals surface area contributed by atoms with E-state index in [2.05, 4.69) is 10.6 Å². The van der Waals surface area contributed by atoms with E-state index in [4.69, 9.17) is 9.84 Å². The quantitative estimate of drug-likeness (QED) is 0.508. The Balaban J connectivity index is 2.08. The lowest BCUT2D eigenvalue weighted by atomic mass is 9.94. The van der Waals surface area contributed by atoms with Crippen LogP contribution in [0, 0.1) is 17.8 Å². The molecule has 1 aliphatic carbocycles. The molecule has 0 aromatic heterocycles. The number of aliphatic carboxylic acids is 1. The van der Waals surface area contributed by atoms with Crippen molar-refractivity contribution >= 4 is 12.0 Å². The van der Waals surface area contributed by atoms with Crippen LogP contribution in [-0.2, 0) is 9.53 Å². The second-order valence-corrected chi connectivity index (χ2v) is 6.25. The molecule has 0 aromatic rings. The van der Waals surface area contributed by atoms with Gasteiger partial charge in [0, 0.05) is 26.1 Å². The number of carbonyl (C=O) groups is 2. The van der Waals surface area contributed by atoms with Gasteiger partial charge >= 0.3 is 12.0 Å². The summed E-state index contributed by atoms with van der Waals surface area (Å²) in [5, 5.41) is 14.3. The topological polar surface area (TPSA) is 87.7 Å². The Morgan fingerprint density at radius 2 is 2.00 bits per heavy atom. The van der Waals surface area contributed by atoms with Gasteiger partial charge in [0.05, 0.1) is 6.61 Å². The molecule has 1 fully saturated rings. The molecular weight excluding hydrogens is 272 g/mol. The number of hydrogen-bond acceptors (Lipinski definition) is 3. The number of carboxylic acids is 1. The highest BCUT2D eigenvalue weighted by molar-refractivity contribution is 5.74. The Kier molecular flexibility index (Phi) is 8.12. The first kappa shape index (κ1) is 17.8. The predicted molar refractivity (Wildman–Crippen MR) is 80.1 cm³/mol. The van der Waals surface area contributed by atoms with Crippen molar-refractivity contribution in [2.45, 2.75) is 39.5 Å². The molecular formula is C15H28N2O4. The molecule has 1 rings (SSSR count). The molecule has 6 heteroatoms. The standard InChI is InChI=1S/C15H28N2O4/c1-11(2)7-13(8-14(18)19)9-17-15(20)16-5-6-21-10-12-3-4-12/h11-13H,3-10H2,1-2H3,(H,18,19)(H2,16,17,20)/t13-/m0/s1. The summed E-state index contributed by atoms with van der Waals surface area (Å²) in [6, 6.07) is -0.260. The number of ether oxygens (including phenoxy) is 1. The van der Waals surface area contributed by atoms with Gasteiger partial charge in [-0.25, -0.2) is 4.79 Å². The molecule has 0 unspecified atom stereocenters. The van der Waals surface area contributed by atoms with Gasteiger partial charge in [-0.3, -0.25) is 4.79 Å². The van der Waals surface area contributed by atoms with Crippen LogP contribution in [0.2, 0.25) is 0 Å². The average Bonchev–Trinajstić information content (AvgIpc) is 3.18. The third kappa shape index (κ3) is 10.1. The van der Waals surface area contributed by atoms with Gasteiger partial charge in [0.15, 0.2) is 0 Å². The summed E-state index contributed by atoms with van der Waals surface area (Å²) in [5.74, 6) is 0.289. The number of amides is 2. The molecule has 0 heterocycles. The van der Waals surface area contributed by atoms with Crippen molar-refractivity contribution in [2.24, 2.45) is 17.8 Å². The van der Waals surface area contributed by atoms with E-state index >= 15 is 0 Å². The minimum absolute atomic E-state index is 0.0284. The van der Waals surface area contributed by atoms with Crippen LogP contribution in [0.1, 0.15) is 39.5 Å². The molecule has 3 N–H and O–H groups in total. The van der Waals surface area contributed by atoms with Gasteiger partial charge in [-0.15, -0.1) is 0 Å². The molecule has 0 bridgehead atoms. The molecule has 0 aliphatic heterocycles. The predicted octanol–water partition coefficient (Wildman–Crippen LogP) is 1.85. The van der Waals surface area contributed by atoms with Gasteiger partial charge in [-0.1, -0.05) is 13.8 Å². The second-order valence-electron chi connectivity index (χ2n) is 6.25. The second kappa shape index (κ2) is 9.60. The molecule has 1 aliphatic rings. The molecule has 0 aromatic carbocycles. The van der Waals surface area contributed by atoms with Crippen molar-refractivity contribution in [3.8, 4) is 0 Å². The van der Waals surface area contributed by atoms with Crippen molar-refractivity contribution in [2.75, 3.05) is 26.3 Å². The monoisotopic (exact) mass is 300 g/mol. The highest BCUT2D eigenvalue weighted by atomic mass is 16.5. The maximum absolute atomic E-state index is 11.6. The molecule has 6 nitrogen and oxygen atoms in total. The number of carbonyl (C=O) groups excluding carboxylic acids is 1. The highest BCUT2D eigenvalue weighted by Crippen LogP contribution is 2.28. The Labute approximate surface area is 126 Å². The lowest BCUT2D eigenvalue weighted by Crippen LogP contribution is -2.40. The number of hydrogen-bond donors (Lipinski definition) is 3. The van der Waals surface area contributed by atoms with Crippen molar-refractivity contribution in [1.82, 2.24) is 10.6 Å². The first-order valence-corrected chi connectivity index (χ1v) is 7.78. The summed E-state index contributed by atoms with van der Waals surface area (Å²) in [7, 11) is 0. The van der Waals surface area contributed by atoms with Crippen molar-refractivity contribution in [3.63, 3.8) is 0 Å². The Morgan fingerprint density at radius 3 is 2.57 bits per heavy atom. The fraction of sp³-hybridized carbons (Fsp3) is 0.867. The van der Waals surface area contributed by atoms with Gasteiger partial charge in [0.2, 0.25) is 0 Å². The summed E-state index contributed by atoms with van der Waals surface area (Å²) >= 11 is 0. The van der Waals surface area contributed by atoms with Crippen LogP contribution in [0.5, 0.6) is 0 Å². The molecule has 0 radical (unpaired) electrons. The minimum atomic E-state index is -0.823. The average molecular weight is 300 g/mol. The molecule has 1 saturated carbocycles. The lowest BCUT2D eigenvalue weighted by Gasteiger charge is -2.18. The zero-order valence-corrected chi connectivity index (χ0v) is 13.1. The Hall–Kier alpha value is -1.30. The lowest BCUT2D eigenvalue weighted by molar-refractivity contribution is -0.138. The van der Waals surface area contributed by atoms with E-state index in [0.717, 1.165) is 18.9 Å². The zero-order chi connectivity index (χ0) is 15.7. The van der Waals surface area contributed by atoms with Crippen molar-refractivity contribution in [3.05, 3.63) is 0 Å². The molecule has 21 heavy (non-hydrogen) atoms. The van der Waals surface area contributed by atoms with Gasteiger partial charge in [-0.2, -0.15) is 0 Å². The number of rotatable bonds is 11. The van der Waals surface area contributed by atoms with E-state index in [1.54, 1.807) is 0 Å². The van der Waals surface area contributed by atoms with Crippen LogP contribution in [0.4, 0.5) is 4.79 Å². The first-order chi connectivity index (χ1) is 9.97. The van der Waals surface area contributed by atoms with Crippen LogP contribution in [0.25, 0.3) is 0 Å². The SMILES string of the molecule is CC(C)C[C@H](CNC(=O)NCCOCC1CC1)CC(=O)O. The third-order valence-corrected chi connectivity index (χ3v) is 3.40. The van der Waals surface area contributed by atoms with E-state index in [-0.39, 0.29) is 18.4 Å². The molecule has 1 atom stereocenters. The fourth-order valence-electron chi connectivity index (χ4n) is 2.22. The molecule has 2 amide bonds. The summed E-state index contributed by atoms with van der Waals surface area (Å²) in [6.45, 7) is 6.27. The number of nitrogens with one attached hydrogen (secondary N) is 2. The van der Waals surface area contributed by atoms with Gasteiger partial charge in [-0.05, 0) is 37.0 Å². The van der Waals surface area contributed by atoms with Crippen molar-refractivity contribution in [1.29, 1.82) is 0 Å². The van der Waals surface area contributed by atoms with Gasteiger partial charge in [0.25, 0.3) is 0 Å². The van der Waals surface area contributed by atoms with Crippen molar-refractivity contribution < 1.29 is 19.4 Å². The van der Waals surface area contributed by atoms with E-state index in [1.165, 1.54) is 12.8 Å². The normalized spacial score (nSPS) is 15.8. The molecule has 122 valence electrons. The smallest absolute Gasteiger partial charge is 0.314 e. The summed E-state index contributed by atoms with van der Waals surface area (Å²) in [4.78, 5) is 22.4. The van der Waals surface area contributed by atoms with Gasteiger partial charge < -0.3 is 20.5 Å². The fourth-order valence-corrected chi connectivity index (χ4v) is 2.22. The maximum atomic E-state index is 11.6. The highest BCUT2D eigenvalue weighted by Gasteiger charge is 2.21. The van der Waals surface area contributed by atoms with E-state index in [0.29, 0.717) is 25.6 Å². The van der Waals surface area contributed by atoms with E-state index in [9.17, 15) is 9.59 Å². The number of urea groups is 1. The molecule has 0 saturated heterocycles. The Morgan fingerprint density at radius 1 is 1.29 bits per heavy atom. The summed E-state index contributed by atoms with van der Waals surface area (Å²) in [5.41, 5.74) is 0. The minimum Gasteiger partial charge on any atom is -0.481 e. The third-order valence-electron chi connectivity index (χ3n) is 3.40. The zero-order valence-electron chi connectivity index (χ0n) is 13.1. The van der Waals surface area contributed by atoms with E-state index < -0.39 is 5.97 Å². The summed E-state index contributed by atoms with van der Waals surface area (Å²) in [6.07, 6.45) is 3.39. The van der Waals surface area contributed by atoms with Crippen LogP contribution in [0.15, 0.2) is 0 Å². The Bertz CT molecular complexity index is 330. The van der Waals surface area contributed by atoms with Crippen LogP contribution < -0.4 is 10.6 Å². The molecule has 0 spiro atoms.